The van der Waals surface area contributed by atoms with Gasteiger partial charge in [-0.1, -0.05) is 60.7 Å². The Labute approximate surface area is 129 Å². The van der Waals surface area contributed by atoms with Gasteiger partial charge < -0.3 is 0 Å². The van der Waals surface area contributed by atoms with Crippen molar-refractivity contribution in [2.24, 2.45) is 0 Å². The molecular formula is C19H17N2O+. The quantitative estimate of drug-likeness (QED) is 0.534. The number of ketones is 1. The fraction of sp³-hybridized carbons (Fsp3) is 0.105. The van der Waals surface area contributed by atoms with Crippen molar-refractivity contribution in [3.63, 3.8) is 0 Å². The van der Waals surface area contributed by atoms with E-state index in [9.17, 15) is 4.79 Å². The standard InChI is InChI=1S/C19H17N2O/c22-19(17-9-5-2-6-10-17)15-21-12-11-20-14-18(21)13-16-7-3-1-4-8-16/h1-12,14H,13,15H2/q+1. The molecule has 0 unspecified atom stereocenters. The maximum absolute atomic E-state index is 12.4. The molecule has 0 atom stereocenters. The highest BCUT2D eigenvalue weighted by atomic mass is 16.1. The van der Waals surface area contributed by atoms with Gasteiger partial charge in [-0.05, 0) is 5.56 Å². The molecule has 3 aromatic rings. The van der Waals surface area contributed by atoms with E-state index in [0.717, 1.165) is 17.7 Å². The van der Waals surface area contributed by atoms with Crippen LogP contribution < -0.4 is 4.57 Å². The van der Waals surface area contributed by atoms with Crippen molar-refractivity contribution in [3.05, 3.63) is 96.1 Å². The zero-order chi connectivity index (χ0) is 15.2. The van der Waals surface area contributed by atoms with Gasteiger partial charge in [0.2, 0.25) is 18.0 Å². The molecule has 3 nitrogen and oxygen atoms in total. The van der Waals surface area contributed by atoms with E-state index < -0.39 is 0 Å². The van der Waals surface area contributed by atoms with Gasteiger partial charge in [0.05, 0.1) is 18.8 Å². The summed E-state index contributed by atoms with van der Waals surface area (Å²) in [5.74, 6) is 0.103. The van der Waals surface area contributed by atoms with Crippen LogP contribution in [-0.4, -0.2) is 10.8 Å². The van der Waals surface area contributed by atoms with Gasteiger partial charge in [-0.15, -0.1) is 0 Å². The van der Waals surface area contributed by atoms with E-state index in [1.807, 2.05) is 65.5 Å². The third-order valence-electron chi connectivity index (χ3n) is 3.56. The molecule has 0 N–H and O–H groups in total. The van der Waals surface area contributed by atoms with Crippen molar-refractivity contribution < 1.29 is 9.36 Å². The van der Waals surface area contributed by atoms with Gasteiger partial charge in [-0.2, -0.15) is 4.57 Å². The molecule has 1 aromatic heterocycles. The summed E-state index contributed by atoms with van der Waals surface area (Å²) in [5, 5.41) is 0. The van der Waals surface area contributed by atoms with Crippen LogP contribution >= 0.6 is 0 Å². The molecule has 3 heteroatoms. The lowest BCUT2D eigenvalue weighted by Crippen LogP contribution is -2.42. The number of hydrogen-bond acceptors (Lipinski definition) is 2. The van der Waals surface area contributed by atoms with Crippen molar-refractivity contribution in [1.82, 2.24) is 4.98 Å². The second-order valence-electron chi connectivity index (χ2n) is 5.15. The fourth-order valence-electron chi connectivity index (χ4n) is 2.39. The maximum atomic E-state index is 12.4. The number of nitrogens with zero attached hydrogens (tertiary/aromatic N) is 2. The normalized spacial score (nSPS) is 10.4. The zero-order valence-electron chi connectivity index (χ0n) is 12.2. The molecule has 3 rings (SSSR count). The Morgan fingerprint density at radius 2 is 1.64 bits per heavy atom. The van der Waals surface area contributed by atoms with Crippen molar-refractivity contribution in [2.45, 2.75) is 13.0 Å². The van der Waals surface area contributed by atoms with Crippen LogP contribution in [-0.2, 0) is 13.0 Å². The van der Waals surface area contributed by atoms with E-state index in [4.69, 9.17) is 0 Å². The predicted molar refractivity (Wildman–Crippen MR) is 84.5 cm³/mol. The molecule has 0 aliphatic heterocycles. The van der Waals surface area contributed by atoms with Gasteiger partial charge in [0, 0.05) is 5.56 Å². The summed E-state index contributed by atoms with van der Waals surface area (Å²) in [7, 11) is 0. The summed E-state index contributed by atoms with van der Waals surface area (Å²) < 4.78 is 1.97. The van der Waals surface area contributed by atoms with E-state index in [-0.39, 0.29) is 5.78 Å². The predicted octanol–water partition coefficient (Wildman–Crippen LogP) is 2.84. The summed E-state index contributed by atoms with van der Waals surface area (Å²) >= 11 is 0. The summed E-state index contributed by atoms with van der Waals surface area (Å²) in [4.78, 5) is 16.6. The second kappa shape index (κ2) is 6.76. The molecule has 0 radical (unpaired) electrons. The van der Waals surface area contributed by atoms with Crippen LogP contribution in [0.2, 0.25) is 0 Å². The zero-order valence-corrected chi connectivity index (χ0v) is 12.2. The van der Waals surface area contributed by atoms with Crippen LogP contribution in [0.1, 0.15) is 21.6 Å². The molecule has 0 fully saturated rings. The average Bonchev–Trinajstić information content (AvgIpc) is 2.58. The number of rotatable bonds is 5. The minimum absolute atomic E-state index is 0.103. The summed E-state index contributed by atoms with van der Waals surface area (Å²) in [5.41, 5.74) is 2.96. The van der Waals surface area contributed by atoms with Crippen molar-refractivity contribution >= 4 is 5.78 Å². The molecule has 0 saturated heterocycles. The number of Topliss-reactive ketones (excluding diaryl/α,β-unsaturated/α-hetero) is 1. The highest BCUT2D eigenvalue weighted by Crippen LogP contribution is 2.05. The van der Waals surface area contributed by atoms with E-state index >= 15 is 0 Å². The average molecular weight is 289 g/mol. The Kier molecular flexibility index (Phi) is 4.35. The van der Waals surface area contributed by atoms with Gasteiger partial charge >= 0.3 is 0 Å². The Morgan fingerprint density at radius 1 is 0.955 bits per heavy atom. The first-order valence-electron chi connectivity index (χ1n) is 7.27. The number of carbonyl (C=O) groups excluding carboxylic acids is 1. The van der Waals surface area contributed by atoms with Gasteiger partial charge in [-0.3, -0.25) is 9.78 Å². The number of aromatic nitrogens is 2. The van der Waals surface area contributed by atoms with E-state index in [0.29, 0.717) is 6.54 Å². The van der Waals surface area contributed by atoms with Crippen molar-refractivity contribution in [3.8, 4) is 0 Å². The molecule has 0 bridgehead atoms. The molecule has 0 aliphatic rings. The molecule has 1 heterocycles. The van der Waals surface area contributed by atoms with Gasteiger partial charge in [0.1, 0.15) is 0 Å². The van der Waals surface area contributed by atoms with Crippen LogP contribution in [0.15, 0.2) is 79.3 Å². The Hall–Kier alpha value is -2.81. The van der Waals surface area contributed by atoms with Crippen molar-refractivity contribution in [1.29, 1.82) is 0 Å². The number of carbonyl (C=O) groups is 1. The van der Waals surface area contributed by atoms with E-state index in [2.05, 4.69) is 17.1 Å². The van der Waals surface area contributed by atoms with Crippen molar-refractivity contribution in [2.75, 3.05) is 0 Å². The molecule has 0 aliphatic carbocycles. The maximum Gasteiger partial charge on any atom is 0.227 e. The second-order valence-corrected chi connectivity index (χ2v) is 5.15. The minimum Gasteiger partial charge on any atom is -0.287 e. The fourth-order valence-corrected chi connectivity index (χ4v) is 2.39. The molecular weight excluding hydrogens is 272 g/mol. The Morgan fingerprint density at radius 3 is 2.36 bits per heavy atom. The lowest BCUT2D eigenvalue weighted by Gasteiger charge is -2.04. The van der Waals surface area contributed by atoms with Gasteiger partial charge in [-0.25, -0.2) is 0 Å². The molecule has 22 heavy (non-hydrogen) atoms. The monoisotopic (exact) mass is 289 g/mol. The van der Waals surface area contributed by atoms with E-state index in [1.54, 1.807) is 6.20 Å². The summed E-state index contributed by atoms with van der Waals surface area (Å²) in [6, 6.07) is 19.6. The van der Waals surface area contributed by atoms with Crippen LogP contribution in [0.4, 0.5) is 0 Å². The topological polar surface area (TPSA) is 33.8 Å². The van der Waals surface area contributed by atoms with Gasteiger partial charge in [0.25, 0.3) is 0 Å². The lowest BCUT2D eigenvalue weighted by molar-refractivity contribution is -0.690. The summed E-state index contributed by atoms with van der Waals surface area (Å²) in [6.45, 7) is 0.328. The Balaban J connectivity index is 1.81. The minimum atomic E-state index is 0.103. The van der Waals surface area contributed by atoms with Crippen LogP contribution in [0, 0.1) is 0 Å². The number of hydrogen-bond donors (Lipinski definition) is 0. The third-order valence-corrected chi connectivity index (χ3v) is 3.56. The first kappa shape index (κ1) is 14.1. The SMILES string of the molecule is O=C(C[n+]1ccncc1Cc1ccccc1)c1ccccc1. The molecule has 0 amide bonds. The molecule has 2 aromatic carbocycles. The largest absolute Gasteiger partial charge is 0.287 e. The van der Waals surface area contributed by atoms with Crippen LogP contribution in [0.5, 0.6) is 0 Å². The van der Waals surface area contributed by atoms with Gasteiger partial charge in [0.15, 0.2) is 6.20 Å². The Bertz CT molecular complexity index is 755. The highest BCUT2D eigenvalue weighted by Gasteiger charge is 2.16. The third kappa shape index (κ3) is 3.44. The molecule has 0 saturated carbocycles. The first-order valence-corrected chi connectivity index (χ1v) is 7.27. The lowest BCUT2D eigenvalue weighted by atomic mass is 10.1. The first-order chi connectivity index (χ1) is 10.8. The summed E-state index contributed by atoms with van der Waals surface area (Å²) in [6.07, 6.45) is 6.16. The van der Waals surface area contributed by atoms with E-state index in [1.165, 1.54) is 5.56 Å². The van der Waals surface area contributed by atoms with Crippen LogP contribution in [0.3, 0.4) is 0 Å². The van der Waals surface area contributed by atoms with Crippen LogP contribution in [0.25, 0.3) is 0 Å². The highest BCUT2D eigenvalue weighted by molar-refractivity contribution is 5.94. The molecule has 0 spiro atoms. The number of benzene rings is 2. The smallest absolute Gasteiger partial charge is 0.227 e. The molecule has 108 valence electrons.